The molecule has 0 saturated carbocycles. The zero-order valence-electron chi connectivity index (χ0n) is 13.1. The van der Waals surface area contributed by atoms with E-state index in [1.165, 1.54) is 19.3 Å². The van der Waals surface area contributed by atoms with Crippen LogP contribution in [-0.2, 0) is 18.9 Å². The summed E-state index contributed by atoms with van der Waals surface area (Å²) in [6.45, 7) is 8.20. The van der Waals surface area contributed by atoms with Crippen molar-refractivity contribution in [2.24, 2.45) is 0 Å². The van der Waals surface area contributed by atoms with Gasteiger partial charge in [-0.2, -0.15) is 0 Å². The molecular weight excluding hydrogens is 260 g/mol. The summed E-state index contributed by atoms with van der Waals surface area (Å²) in [5.74, 6) is 0. The average molecular weight is 292 g/mol. The summed E-state index contributed by atoms with van der Waals surface area (Å²) in [5.41, 5.74) is 0. The molecule has 0 rings (SSSR count). The number of aliphatic hydroxyl groups excluding tert-OH is 1. The van der Waals surface area contributed by atoms with Gasteiger partial charge in [0.15, 0.2) is 0 Å². The van der Waals surface area contributed by atoms with Crippen LogP contribution in [0.15, 0.2) is 0 Å². The predicted octanol–water partition coefficient (Wildman–Crippen LogP) is 2.01. The van der Waals surface area contributed by atoms with E-state index < -0.39 is 0 Å². The van der Waals surface area contributed by atoms with Gasteiger partial charge in [-0.05, 0) is 13.3 Å². The van der Waals surface area contributed by atoms with E-state index in [2.05, 4.69) is 13.8 Å². The van der Waals surface area contributed by atoms with Crippen molar-refractivity contribution in [1.82, 2.24) is 0 Å². The van der Waals surface area contributed by atoms with Crippen LogP contribution in [0.5, 0.6) is 0 Å². The summed E-state index contributed by atoms with van der Waals surface area (Å²) in [6.07, 6.45) is 5.23. The summed E-state index contributed by atoms with van der Waals surface area (Å²) >= 11 is 0. The van der Waals surface area contributed by atoms with Crippen LogP contribution < -0.4 is 0 Å². The minimum absolute atomic E-state index is 0.0555. The molecule has 5 heteroatoms. The quantitative estimate of drug-likeness (QED) is 0.441. The summed E-state index contributed by atoms with van der Waals surface area (Å²) in [6, 6.07) is 0. The van der Waals surface area contributed by atoms with Crippen LogP contribution in [0.2, 0.25) is 0 Å². The highest BCUT2D eigenvalue weighted by Gasteiger charge is 2.01. The van der Waals surface area contributed by atoms with E-state index in [0.29, 0.717) is 52.4 Å². The number of aliphatic hydroxyl groups is 1. The topological polar surface area (TPSA) is 57.2 Å². The normalized spacial score (nSPS) is 12.8. The van der Waals surface area contributed by atoms with Gasteiger partial charge in [-0.25, -0.2) is 0 Å². The third kappa shape index (κ3) is 15.9. The first kappa shape index (κ1) is 19.8. The summed E-state index contributed by atoms with van der Waals surface area (Å²) in [7, 11) is 0. The first-order valence-corrected chi connectivity index (χ1v) is 7.77. The van der Waals surface area contributed by atoms with Gasteiger partial charge in [-0.15, -0.1) is 0 Å². The van der Waals surface area contributed by atoms with Crippen LogP contribution in [0.25, 0.3) is 0 Å². The molecule has 0 heterocycles. The van der Waals surface area contributed by atoms with Gasteiger partial charge in [-0.3, -0.25) is 0 Å². The second-order valence-electron chi connectivity index (χ2n) is 4.74. The zero-order valence-corrected chi connectivity index (χ0v) is 13.1. The van der Waals surface area contributed by atoms with Crippen molar-refractivity contribution in [3.8, 4) is 0 Å². The number of unbranched alkanes of at least 4 members (excludes halogenated alkanes) is 2. The van der Waals surface area contributed by atoms with Gasteiger partial charge < -0.3 is 24.1 Å². The molecule has 122 valence electrons. The van der Waals surface area contributed by atoms with Crippen LogP contribution in [-0.4, -0.2) is 64.1 Å². The third-order valence-corrected chi connectivity index (χ3v) is 2.82. The van der Waals surface area contributed by atoms with Gasteiger partial charge in [-0.1, -0.05) is 26.2 Å². The first-order valence-electron chi connectivity index (χ1n) is 7.77. The highest BCUT2D eigenvalue weighted by atomic mass is 16.6. The lowest BCUT2D eigenvalue weighted by Gasteiger charge is -2.13. The van der Waals surface area contributed by atoms with Crippen molar-refractivity contribution in [2.45, 2.75) is 45.6 Å². The minimum Gasteiger partial charge on any atom is -0.394 e. The van der Waals surface area contributed by atoms with Crippen molar-refractivity contribution in [1.29, 1.82) is 0 Å². The lowest BCUT2D eigenvalue weighted by Crippen LogP contribution is -2.15. The summed E-state index contributed by atoms with van der Waals surface area (Å²) < 4.78 is 21.4. The number of ether oxygens (including phenoxy) is 4. The SMILES string of the molecule is CCCCCC(C)OCCOCCOCCOCCO. The third-order valence-electron chi connectivity index (χ3n) is 2.82. The van der Waals surface area contributed by atoms with Crippen LogP contribution in [0, 0.1) is 0 Å². The average Bonchev–Trinajstić information content (AvgIpc) is 2.45. The first-order chi connectivity index (χ1) is 9.81. The minimum atomic E-state index is 0.0555. The fraction of sp³-hybridized carbons (Fsp3) is 1.00. The highest BCUT2D eigenvalue weighted by molar-refractivity contribution is 4.50. The largest absolute Gasteiger partial charge is 0.394 e. The number of hydrogen-bond acceptors (Lipinski definition) is 5. The van der Waals surface area contributed by atoms with E-state index in [9.17, 15) is 0 Å². The molecule has 0 aromatic carbocycles. The van der Waals surface area contributed by atoms with Crippen LogP contribution in [0.1, 0.15) is 39.5 Å². The second kappa shape index (κ2) is 16.9. The molecule has 0 aliphatic rings. The Hall–Kier alpha value is -0.200. The van der Waals surface area contributed by atoms with E-state index in [-0.39, 0.29) is 6.61 Å². The smallest absolute Gasteiger partial charge is 0.0704 e. The van der Waals surface area contributed by atoms with Gasteiger partial charge in [0.1, 0.15) is 0 Å². The van der Waals surface area contributed by atoms with Crippen LogP contribution in [0.3, 0.4) is 0 Å². The van der Waals surface area contributed by atoms with Crippen molar-refractivity contribution in [2.75, 3.05) is 52.9 Å². The molecule has 0 bridgehead atoms. The molecule has 1 unspecified atom stereocenters. The molecule has 0 aliphatic heterocycles. The molecule has 20 heavy (non-hydrogen) atoms. The fourth-order valence-electron chi connectivity index (χ4n) is 1.68. The monoisotopic (exact) mass is 292 g/mol. The predicted molar refractivity (Wildman–Crippen MR) is 79.1 cm³/mol. The molecule has 0 saturated heterocycles. The zero-order chi connectivity index (χ0) is 14.9. The van der Waals surface area contributed by atoms with Crippen molar-refractivity contribution in [3.63, 3.8) is 0 Å². The molecule has 0 aromatic heterocycles. The number of rotatable bonds is 16. The molecule has 5 nitrogen and oxygen atoms in total. The van der Waals surface area contributed by atoms with E-state index >= 15 is 0 Å². The Morgan fingerprint density at radius 3 is 1.90 bits per heavy atom. The van der Waals surface area contributed by atoms with E-state index in [0.717, 1.165) is 6.42 Å². The molecule has 0 aromatic rings. The maximum atomic E-state index is 8.49. The van der Waals surface area contributed by atoms with Gasteiger partial charge in [0, 0.05) is 0 Å². The van der Waals surface area contributed by atoms with Gasteiger partial charge >= 0.3 is 0 Å². The lowest BCUT2D eigenvalue weighted by molar-refractivity contribution is -0.0185. The van der Waals surface area contributed by atoms with Crippen molar-refractivity contribution in [3.05, 3.63) is 0 Å². The lowest BCUT2D eigenvalue weighted by atomic mass is 10.1. The Bertz CT molecular complexity index is 178. The standard InChI is InChI=1S/C15H32O5/c1-3-4-5-6-15(2)20-14-13-19-12-11-18-10-9-17-8-7-16/h15-16H,3-14H2,1-2H3. The van der Waals surface area contributed by atoms with Gasteiger partial charge in [0.2, 0.25) is 0 Å². The second-order valence-corrected chi connectivity index (χ2v) is 4.74. The van der Waals surface area contributed by atoms with Gasteiger partial charge in [0.25, 0.3) is 0 Å². The van der Waals surface area contributed by atoms with Crippen LogP contribution in [0.4, 0.5) is 0 Å². The molecular formula is C15H32O5. The molecule has 0 aliphatic carbocycles. The Morgan fingerprint density at radius 1 is 0.800 bits per heavy atom. The fourth-order valence-corrected chi connectivity index (χ4v) is 1.68. The van der Waals surface area contributed by atoms with Crippen molar-refractivity contribution < 1.29 is 24.1 Å². The summed E-state index contributed by atoms with van der Waals surface area (Å²) in [4.78, 5) is 0. The van der Waals surface area contributed by atoms with Crippen LogP contribution >= 0.6 is 0 Å². The Balaban J connectivity index is 3.05. The molecule has 0 spiro atoms. The maximum absolute atomic E-state index is 8.49. The molecule has 1 atom stereocenters. The van der Waals surface area contributed by atoms with E-state index in [4.69, 9.17) is 24.1 Å². The van der Waals surface area contributed by atoms with Gasteiger partial charge in [0.05, 0.1) is 59.0 Å². The maximum Gasteiger partial charge on any atom is 0.0704 e. The van der Waals surface area contributed by atoms with Crippen molar-refractivity contribution >= 4 is 0 Å². The van der Waals surface area contributed by atoms with E-state index in [1.807, 2.05) is 0 Å². The highest BCUT2D eigenvalue weighted by Crippen LogP contribution is 2.05. The Morgan fingerprint density at radius 2 is 1.35 bits per heavy atom. The molecule has 0 fully saturated rings. The van der Waals surface area contributed by atoms with E-state index in [1.54, 1.807) is 0 Å². The Kier molecular flexibility index (Phi) is 16.7. The molecule has 1 N–H and O–H groups in total. The molecule has 0 radical (unpaired) electrons. The molecule has 0 amide bonds. The Labute approximate surface area is 123 Å². The number of hydrogen-bond donors (Lipinski definition) is 1. The summed E-state index contributed by atoms with van der Waals surface area (Å²) in [5, 5.41) is 8.49.